The van der Waals surface area contributed by atoms with E-state index in [1.807, 2.05) is 0 Å². The van der Waals surface area contributed by atoms with Gasteiger partial charge < -0.3 is 0 Å². The first kappa shape index (κ1) is 10.9. The van der Waals surface area contributed by atoms with E-state index in [0.717, 1.165) is 0 Å². The summed E-state index contributed by atoms with van der Waals surface area (Å²) in [6.07, 6.45) is 0. The smallest absolute Gasteiger partial charge is 0.126 e. The normalized spacial score (nSPS) is 15.3. The van der Waals surface area contributed by atoms with Crippen molar-refractivity contribution >= 4 is 0 Å². The van der Waals surface area contributed by atoms with Crippen LogP contribution in [0.1, 0.15) is 0 Å². The molecule has 0 rings (SSSR count). The second kappa shape index (κ2) is 4.71. The SMILES string of the molecule is CN(C)[C@H](C#N)[C@H](C#N)N(C)C. The van der Waals surface area contributed by atoms with Crippen LogP contribution in [0.15, 0.2) is 0 Å². The van der Waals surface area contributed by atoms with Gasteiger partial charge in [0.15, 0.2) is 0 Å². The van der Waals surface area contributed by atoms with E-state index in [0.29, 0.717) is 0 Å². The zero-order chi connectivity index (χ0) is 9.72. The van der Waals surface area contributed by atoms with Crippen LogP contribution >= 0.6 is 0 Å². The van der Waals surface area contributed by atoms with Crippen LogP contribution in [0.2, 0.25) is 0 Å². The summed E-state index contributed by atoms with van der Waals surface area (Å²) < 4.78 is 0. The Balaban J connectivity index is 4.51. The molecule has 0 saturated heterocycles. The van der Waals surface area contributed by atoms with Gasteiger partial charge in [-0.25, -0.2) is 0 Å². The largest absolute Gasteiger partial charge is 0.292 e. The van der Waals surface area contributed by atoms with Crippen molar-refractivity contribution in [3.63, 3.8) is 0 Å². The van der Waals surface area contributed by atoms with Gasteiger partial charge in [-0.3, -0.25) is 9.80 Å². The van der Waals surface area contributed by atoms with Crippen LogP contribution in [0.25, 0.3) is 0 Å². The highest BCUT2D eigenvalue weighted by Crippen LogP contribution is 2.03. The lowest BCUT2D eigenvalue weighted by Gasteiger charge is -2.26. The minimum atomic E-state index is -0.370. The third-order valence-corrected chi connectivity index (χ3v) is 1.68. The molecule has 0 heterocycles. The van der Waals surface area contributed by atoms with Gasteiger partial charge in [-0.1, -0.05) is 0 Å². The van der Waals surface area contributed by atoms with Crippen molar-refractivity contribution in [3.05, 3.63) is 0 Å². The number of nitriles is 2. The van der Waals surface area contributed by atoms with Crippen LogP contribution < -0.4 is 0 Å². The average molecular weight is 166 g/mol. The molecular weight excluding hydrogens is 152 g/mol. The molecule has 0 aliphatic heterocycles. The Kier molecular flexibility index (Phi) is 4.28. The van der Waals surface area contributed by atoms with Crippen molar-refractivity contribution < 1.29 is 0 Å². The second-order valence-electron chi connectivity index (χ2n) is 3.08. The molecule has 0 aliphatic carbocycles. The first-order valence-corrected chi connectivity index (χ1v) is 3.66. The van der Waals surface area contributed by atoms with E-state index in [2.05, 4.69) is 12.1 Å². The van der Waals surface area contributed by atoms with Crippen LogP contribution in [0, 0.1) is 22.7 Å². The Labute approximate surface area is 73.6 Å². The number of hydrogen-bond acceptors (Lipinski definition) is 4. The lowest BCUT2D eigenvalue weighted by molar-refractivity contribution is 0.226. The molecule has 0 fully saturated rings. The summed E-state index contributed by atoms with van der Waals surface area (Å²) in [5, 5.41) is 17.6. The van der Waals surface area contributed by atoms with E-state index in [1.54, 1.807) is 38.0 Å². The first-order chi connectivity index (χ1) is 5.54. The summed E-state index contributed by atoms with van der Waals surface area (Å²) in [5.74, 6) is 0. The fraction of sp³-hybridized carbons (Fsp3) is 0.750. The molecule has 0 spiro atoms. The molecule has 12 heavy (non-hydrogen) atoms. The molecule has 0 aliphatic rings. The molecule has 0 amide bonds. The molecule has 0 radical (unpaired) electrons. The molecule has 4 nitrogen and oxygen atoms in total. The average Bonchev–Trinajstić information content (AvgIpc) is 1.98. The van der Waals surface area contributed by atoms with Gasteiger partial charge >= 0.3 is 0 Å². The summed E-state index contributed by atoms with van der Waals surface area (Å²) >= 11 is 0. The Morgan fingerprint density at radius 1 is 0.833 bits per heavy atom. The summed E-state index contributed by atoms with van der Waals surface area (Å²) in [5.41, 5.74) is 0. The van der Waals surface area contributed by atoms with Crippen LogP contribution in [0.5, 0.6) is 0 Å². The molecule has 0 aromatic rings. The Morgan fingerprint density at radius 2 is 1.08 bits per heavy atom. The van der Waals surface area contributed by atoms with Crippen molar-refractivity contribution in [2.45, 2.75) is 12.1 Å². The predicted molar refractivity (Wildman–Crippen MR) is 46.2 cm³/mol. The molecule has 4 heteroatoms. The lowest BCUT2D eigenvalue weighted by atomic mass is 10.1. The van der Waals surface area contributed by atoms with Crippen LogP contribution in [0.4, 0.5) is 0 Å². The van der Waals surface area contributed by atoms with Gasteiger partial charge in [-0.05, 0) is 28.2 Å². The molecule has 0 saturated carbocycles. The molecule has 2 atom stereocenters. The minimum Gasteiger partial charge on any atom is -0.292 e. The van der Waals surface area contributed by atoms with E-state index < -0.39 is 0 Å². The first-order valence-electron chi connectivity index (χ1n) is 3.66. The quantitative estimate of drug-likeness (QED) is 0.587. The zero-order valence-electron chi connectivity index (χ0n) is 7.94. The fourth-order valence-corrected chi connectivity index (χ4v) is 0.937. The zero-order valence-corrected chi connectivity index (χ0v) is 7.94. The molecular formula is C8H14N4. The van der Waals surface area contributed by atoms with Crippen molar-refractivity contribution in [1.29, 1.82) is 10.5 Å². The van der Waals surface area contributed by atoms with Gasteiger partial charge in [0.25, 0.3) is 0 Å². The van der Waals surface area contributed by atoms with Crippen molar-refractivity contribution in [3.8, 4) is 12.1 Å². The Morgan fingerprint density at radius 3 is 1.17 bits per heavy atom. The van der Waals surface area contributed by atoms with E-state index in [4.69, 9.17) is 10.5 Å². The highest BCUT2D eigenvalue weighted by Gasteiger charge is 2.24. The van der Waals surface area contributed by atoms with Crippen molar-refractivity contribution in [2.24, 2.45) is 0 Å². The highest BCUT2D eigenvalue weighted by atomic mass is 15.2. The van der Waals surface area contributed by atoms with Crippen LogP contribution in [-0.4, -0.2) is 50.1 Å². The highest BCUT2D eigenvalue weighted by molar-refractivity contribution is 5.08. The van der Waals surface area contributed by atoms with Gasteiger partial charge in [-0.2, -0.15) is 10.5 Å². The molecule has 0 N–H and O–H groups in total. The summed E-state index contributed by atoms with van der Waals surface area (Å²) in [4.78, 5) is 3.49. The maximum absolute atomic E-state index is 8.78. The standard InChI is InChI=1S/C8H14N4/c1-11(2)7(5-9)8(6-10)12(3)4/h7-8H,1-4H3/t7-,8+. The molecule has 0 aromatic heterocycles. The van der Waals surface area contributed by atoms with Crippen LogP contribution in [0.3, 0.4) is 0 Å². The second-order valence-corrected chi connectivity index (χ2v) is 3.08. The van der Waals surface area contributed by atoms with Crippen molar-refractivity contribution in [1.82, 2.24) is 9.80 Å². The molecule has 0 bridgehead atoms. The topological polar surface area (TPSA) is 54.1 Å². The van der Waals surface area contributed by atoms with Gasteiger partial charge in [0.1, 0.15) is 12.1 Å². The minimum absolute atomic E-state index is 0.370. The molecule has 0 unspecified atom stereocenters. The monoisotopic (exact) mass is 166 g/mol. The number of rotatable bonds is 3. The van der Waals surface area contributed by atoms with Gasteiger partial charge in [0.05, 0.1) is 12.1 Å². The maximum Gasteiger partial charge on any atom is 0.126 e. The number of likely N-dealkylation sites (N-methyl/N-ethyl adjacent to an activating group) is 2. The summed E-state index contributed by atoms with van der Waals surface area (Å²) in [6.45, 7) is 0. The van der Waals surface area contributed by atoms with Crippen molar-refractivity contribution in [2.75, 3.05) is 28.2 Å². The van der Waals surface area contributed by atoms with E-state index in [9.17, 15) is 0 Å². The summed E-state index contributed by atoms with van der Waals surface area (Å²) in [7, 11) is 7.17. The Hall–Kier alpha value is -1.10. The third kappa shape index (κ3) is 2.50. The fourth-order valence-electron chi connectivity index (χ4n) is 0.937. The van der Waals surface area contributed by atoms with E-state index in [-0.39, 0.29) is 12.1 Å². The molecule has 66 valence electrons. The number of hydrogen-bond donors (Lipinski definition) is 0. The number of nitrogens with zero attached hydrogens (tertiary/aromatic N) is 4. The van der Waals surface area contributed by atoms with Gasteiger partial charge in [0.2, 0.25) is 0 Å². The van der Waals surface area contributed by atoms with E-state index in [1.165, 1.54) is 0 Å². The van der Waals surface area contributed by atoms with Gasteiger partial charge in [-0.15, -0.1) is 0 Å². The van der Waals surface area contributed by atoms with Gasteiger partial charge in [0, 0.05) is 0 Å². The third-order valence-electron chi connectivity index (χ3n) is 1.68. The predicted octanol–water partition coefficient (Wildman–Crippen LogP) is -0.106. The Bertz CT molecular complexity index is 184. The lowest BCUT2D eigenvalue weighted by Crippen LogP contribution is -2.45. The van der Waals surface area contributed by atoms with E-state index >= 15 is 0 Å². The summed E-state index contributed by atoms with van der Waals surface area (Å²) in [6, 6.07) is 3.45. The molecule has 0 aromatic carbocycles. The maximum atomic E-state index is 8.78. The van der Waals surface area contributed by atoms with Crippen LogP contribution in [-0.2, 0) is 0 Å².